The SMILES string of the molecule is O=Cc1cnoc1Cc1ccccc1. The van der Waals surface area contributed by atoms with Gasteiger partial charge in [-0.3, -0.25) is 4.79 Å². The summed E-state index contributed by atoms with van der Waals surface area (Å²) in [5.41, 5.74) is 1.63. The van der Waals surface area contributed by atoms with Gasteiger partial charge in [0.25, 0.3) is 0 Å². The molecule has 0 amide bonds. The molecule has 1 heterocycles. The zero-order valence-corrected chi connectivity index (χ0v) is 7.51. The number of hydrogen-bond donors (Lipinski definition) is 0. The summed E-state index contributed by atoms with van der Waals surface area (Å²) in [6.45, 7) is 0. The molecule has 14 heavy (non-hydrogen) atoms. The molecular weight excluding hydrogens is 178 g/mol. The average Bonchev–Trinajstić information content (AvgIpc) is 2.67. The van der Waals surface area contributed by atoms with Crippen molar-refractivity contribution in [3.8, 4) is 0 Å². The average molecular weight is 187 g/mol. The molecule has 0 aliphatic rings. The van der Waals surface area contributed by atoms with Crippen molar-refractivity contribution in [1.82, 2.24) is 5.16 Å². The molecular formula is C11H9NO2. The normalized spacial score (nSPS) is 10.0. The van der Waals surface area contributed by atoms with Gasteiger partial charge < -0.3 is 4.52 Å². The van der Waals surface area contributed by atoms with Crippen molar-refractivity contribution in [1.29, 1.82) is 0 Å². The highest BCUT2D eigenvalue weighted by Gasteiger charge is 2.07. The molecule has 0 aliphatic heterocycles. The van der Waals surface area contributed by atoms with E-state index in [2.05, 4.69) is 5.16 Å². The van der Waals surface area contributed by atoms with Gasteiger partial charge in [-0.2, -0.15) is 0 Å². The molecule has 0 N–H and O–H groups in total. The van der Waals surface area contributed by atoms with E-state index in [9.17, 15) is 4.79 Å². The van der Waals surface area contributed by atoms with Crippen molar-refractivity contribution < 1.29 is 9.32 Å². The van der Waals surface area contributed by atoms with Crippen LogP contribution in [0.1, 0.15) is 21.7 Å². The Bertz CT molecular complexity index is 420. The van der Waals surface area contributed by atoms with E-state index in [-0.39, 0.29) is 0 Å². The molecule has 2 rings (SSSR count). The van der Waals surface area contributed by atoms with Gasteiger partial charge in [0.2, 0.25) is 0 Å². The highest BCUT2D eigenvalue weighted by Crippen LogP contribution is 2.11. The third-order valence-corrected chi connectivity index (χ3v) is 2.01. The van der Waals surface area contributed by atoms with Crippen LogP contribution in [-0.2, 0) is 6.42 Å². The second-order valence-corrected chi connectivity index (χ2v) is 2.98. The van der Waals surface area contributed by atoms with Crippen molar-refractivity contribution in [3.05, 3.63) is 53.4 Å². The fraction of sp³-hybridized carbons (Fsp3) is 0.0909. The summed E-state index contributed by atoms with van der Waals surface area (Å²) in [5.74, 6) is 0.617. The van der Waals surface area contributed by atoms with Gasteiger partial charge in [0.05, 0.1) is 11.8 Å². The lowest BCUT2D eigenvalue weighted by Crippen LogP contribution is -1.89. The Balaban J connectivity index is 2.23. The first kappa shape index (κ1) is 8.69. The van der Waals surface area contributed by atoms with Crippen LogP contribution in [-0.4, -0.2) is 11.4 Å². The maximum Gasteiger partial charge on any atom is 0.155 e. The molecule has 70 valence electrons. The molecule has 0 saturated carbocycles. The molecule has 0 unspecified atom stereocenters. The monoisotopic (exact) mass is 187 g/mol. The number of carbonyl (C=O) groups is 1. The lowest BCUT2D eigenvalue weighted by Gasteiger charge is -1.96. The zero-order chi connectivity index (χ0) is 9.80. The largest absolute Gasteiger partial charge is 0.360 e. The second kappa shape index (κ2) is 3.87. The van der Waals surface area contributed by atoms with Crippen molar-refractivity contribution in [2.45, 2.75) is 6.42 Å². The van der Waals surface area contributed by atoms with E-state index in [4.69, 9.17) is 4.52 Å². The van der Waals surface area contributed by atoms with Crippen LogP contribution in [0.5, 0.6) is 0 Å². The summed E-state index contributed by atoms with van der Waals surface area (Å²) in [7, 11) is 0. The van der Waals surface area contributed by atoms with Crippen molar-refractivity contribution in [2.24, 2.45) is 0 Å². The molecule has 3 nitrogen and oxygen atoms in total. The van der Waals surface area contributed by atoms with Crippen molar-refractivity contribution in [2.75, 3.05) is 0 Å². The Hall–Kier alpha value is -1.90. The van der Waals surface area contributed by atoms with E-state index >= 15 is 0 Å². The van der Waals surface area contributed by atoms with E-state index < -0.39 is 0 Å². The van der Waals surface area contributed by atoms with Crippen LogP contribution in [0.3, 0.4) is 0 Å². The first-order valence-corrected chi connectivity index (χ1v) is 4.33. The molecule has 0 bridgehead atoms. The molecule has 3 heteroatoms. The molecule has 0 fully saturated rings. The standard InChI is InChI=1S/C11H9NO2/c13-8-10-7-12-14-11(10)6-9-4-2-1-3-5-9/h1-5,7-8H,6H2. The molecule has 0 radical (unpaired) electrons. The van der Waals surface area contributed by atoms with Gasteiger partial charge in [-0.05, 0) is 5.56 Å². The first-order chi connectivity index (χ1) is 6.90. The minimum Gasteiger partial charge on any atom is -0.360 e. The Kier molecular flexibility index (Phi) is 2.40. The van der Waals surface area contributed by atoms with E-state index in [0.717, 1.165) is 11.8 Å². The van der Waals surface area contributed by atoms with Gasteiger partial charge in [0.15, 0.2) is 12.0 Å². The van der Waals surface area contributed by atoms with Gasteiger partial charge in [0.1, 0.15) is 0 Å². The summed E-state index contributed by atoms with van der Waals surface area (Å²) < 4.78 is 4.98. The van der Waals surface area contributed by atoms with Crippen molar-refractivity contribution >= 4 is 6.29 Å². The lowest BCUT2D eigenvalue weighted by molar-refractivity contribution is 0.112. The van der Waals surface area contributed by atoms with Crippen LogP contribution < -0.4 is 0 Å². The molecule has 1 aromatic heterocycles. The predicted molar refractivity (Wildman–Crippen MR) is 51.1 cm³/mol. The van der Waals surface area contributed by atoms with Gasteiger partial charge in [-0.15, -0.1) is 0 Å². The van der Waals surface area contributed by atoms with E-state index in [1.807, 2.05) is 30.3 Å². The fourth-order valence-electron chi connectivity index (χ4n) is 1.28. The molecule has 0 saturated heterocycles. The number of benzene rings is 1. The number of hydrogen-bond acceptors (Lipinski definition) is 3. The van der Waals surface area contributed by atoms with Crippen LogP contribution >= 0.6 is 0 Å². The predicted octanol–water partition coefficient (Wildman–Crippen LogP) is 2.08. The van der Waals surface area contributed by atoms with Crippen LogP contribution in [0.15, 0.2) is 41.1 Å². The summed E-state index contributed by atoms with van der Waals surface area (Å²) >= 11 is 0. The topological polar surface area (TPSA) is 43.1 Å². The zero-order valence-electron chi connectivity index (χ0n) is 7.51. The number of carbonyl (C=O) groups excluding carboxylic acids is 1. The summed E-state index contributed by atoms with van der Waals surface area (Å²) in [6.07, 6.45) is 2.80. The Morgan fingerprint density at radius 2 is 2.07 bits per heavy atom. The number of aldehydes is 1. The minimum atomic E-state index is 0.522. The Morgan fingerprint density at radius 3 is 2.79 bits per heavy atom. The summed E-state index contributed by atoms with van der Waals surface area (Å²) in [5, 5.41) is 3.58. The first-order valence-electron chi connectivity index (χ1n) is 4.33. The third-order valence-electron chi connectivity index (χ3n) is 2.01. The summed E-state index contributed by atoms with van der Waals surface area (Å²) in [6, 6.07) is 9.82. The number of aromatic nitrogens is 1. The Labute approximate surface area is 81.3 Å². The highest BCUT2D eigenvalue weighted by molar-refractivity contribution is 5.75. The van der Waals surface area contributed by atoms with Gasteiger partial charge in [-0.1, -0.05) is 35.5 Å². The second-order valence-electron chi connectivity index (χ2n) is 2.98. The maximum atomic E-state index is 10.6. The molecule has 2 aromatic rings. The van der Waals surface area contributed by atoms with Crippen LogP contribution in [0.4, 0.5) is 0 Å². The van der Waals surface area contributed by atoms with E-state index in [1.54, 1.807) is 0 Å². The fourth-order valence-corrected chi connectivity index (χ4v) is 1.28. The molecule has 0 spiro atoms. The van der Waals surface area contributed by atoms with E-state index in [1.165, 1.54) is 6.20 Å². The van der Waals surface area contributed by atoms with Gasteiger partial charge in [-0.25, -0.2) is 0 Å². The third kappa shape index (κ3) is 1.71. The quantitative estimate of drug-likeness (QED) is 0.691. The van der Waals surface area contributed by atoms with Crippen LogP contribution in [0, 0.1) is 0 Å². The maximum absolute atomic E-state index is 10.6. The van der Waals surface area contributed by atoms with Gasteiger partial charge >= 0.3 is 0 Å². The molecule has 0 atom stereocenters. The number of nitrogens with zero attached hydrogens (tertiary/aromatic N) is 1. The lowest BCUT2D eigenvalue weighted by atomic mass is 10.1. The minimum absolute atomic E-state index is 0.522. The number of rotatable bonds is 3. The van der Waals surface area contributed by atoms with Crippen LogP contribution in [0.25, 0.3) is 0 Å². The highest BCUT2D eigenvalue weighted by atomic mass is 16.5. The smallest absolute Gasteiger partial charge is 0.155 e. The van der Waals surface area contributed by atoms with E-state index in [0.29, 0.717) is 17.7 Å². The summed E-state index contributed by atoms with van der Waals surface area (Å²) in [4.78, 5) is 10.6. The molecule has 0 aliphatic carbocycles. The van der Waals surface area contributed by atoms with Gasteiger partial charge in [0, 0.05) is 6.42 Å². The van der Waals surface area contributed by atoms with Crippen LogP contribution in [0.2, 0.25) is 0 Å². The van der Waals surface area contributed by atoms with Crippen molar-refractivity contribution in [3.63, 3.8) is 0 Å². The Morgan fingerprint density at radius 1 is 1.29 bits per heavy atom. The molecule has 1 aromatic carbocycles.